The number of hydrogen-bond acceptors (Lipinski definition) is 7. The van der Waals surface area contributed by atoms with Crippen LogP contribution in [-0.2, 0) is 35.3 Å². The largest absolute Gasteiger partial charge is 0.511 e. The average molecular weight is 358 g/mol. The predicted molar refractivity (Wildman–Crippen MR) is 86.1 cm³/mol. The monoisotopic (exact) mass is 358 g/mol. The fourth-order valence-corrected chi connectivity index (χ4v) is 2.49. The molecule has 0 saturated heterocycles. The van der Waals surface area contributed by atoms with E-state index in [4.69, 9.17) is 14.2 Å². The van der Waals surface area contributed by atoms with E-state index in [2.05, 4.69) is 0 Å². The summed E-state index contributed by atoms with van der Waals surface area (Å²) in [4.78, 5) is 23.2. The van der Waals surface area contributed by atoms with Gasteiger partial charge in [-0.25, -0.2) is 13.2 Å². The summed E-state index contributed by atoms with van der Waals surface area (Å²) in [6.07, 6.45) is -0.846. The van der Waals surface area contributed by atoms with Crippen molar-refractivity contribution in [2.45, 2.75) is 50.9 Å². The van der Waals surface area contributed by atoms with Crippen LogP contribution < -0.4 is 0 Å². The van der Waals surface area contributed by atoms with E-state index >= 15 is 0 Å². The molecule has 7 nitrogen and oxygen atoms in total. The molecule has 134 valence electrons. The van der Waals surface area contributed by atoms with E-state index in [1.807, 2.05) is 0 Å². The van der Waals surface area contributed by atoms with Gasteiger partial charge in [-0.15, -0.1) is 0 Å². The second-order valence-electron chi connectivity index (χ2n) is 5.51. The summed E-state index contributed by atoms with van der Waals surface area (Å²) < 4.78 is 37.5. The lowest BCUT2D eigenvalue weighted by atomic mass is 10.1. The first kappa shape index (κ1) is 20.0. The van der Waals surface area contributed by atoms with Crippen molar-refractivity contribution >= 4 is 22.0 Å². The molecule has 0 bridgehead atoms. The third-order valence-electron chi connectivity index (χ3n) is 2.84. The van der Waals surface area contributed by atoms with E-state index in [0.29, 0.717) is 12.0 Å². The Hall–Kier alpha value is -2.09. The molecule has 1 unspecified atom stereocenters. The Morgan fingerprint density at radius 3 is 2.33 bits per heavy atom. The molecular weight excluding hydrogens is 336 g/mol. The predicted octanol–water partition coefficient (Wildman–Crippen LogP) is 2.47. The average Bonchev–Trinajstić information content (AvgIpc) is 2.43. The van der Waals surface area contributed by atoms with Gasteiger partial charge in [0, 0.05) is 19.6 Å². The molecule has 0 fully saturated rings. The first-order chi connectivity index (χ1) is 11.1. The highest BCUT2D eigenvalue weighted by Crippen LogP contribution is 2.13. The normalized spacial score (nSPS) is 12.5. The SMILES string of the molecule is CC(C)OC(=O)OC(C)OC(=O)CCc1cccc(S(C)(=O)=O)c1. The maximum absolute atomic E-state index is 11.7. The van der Waals surface area contributed by atoms with E-state index in [1.54, 1.807) is 26.0 Å². The number of ether oxygens (including phenoxy) is 3. The van der Waals surface area contributed by atoms with Gasteiger partial charge < -0.3 is 14.2 Å². The second-order valence-corrected chi connectivity index (χ2v) is 7.53. The van der Waals surface area contributed by atoms with Crippen molar-refractivity contribution in [2.24, 2.45) is 0 Å². The van der Waals surface area contributed by atoms with Crippen molar-refractivity contribution in [2.75, 3.05) is 6.26 Å². The zero-order chi connectivity index (χ0) is 18.3. The van der Waals surface area contributed by atoms with Crippen molar-refractivity contribution in [3.63, 3.8) is 0 Å². The molecule has 1 aromatic carbocycles. The molecule has 0 saturated carbocycles. The molecule has 0 aliphatic heterocycles. The summed E-state index contributed by atoms with van der Waals surface area (Å²) >= 11 is 0. The Morgan fingerprint density at radius 1 is 1.08 bits per heavy atom. The molecule has 0 heterocycles. The van der Waals surface area contributed by atoms with Gasteiger partial charge in [-0.2, -0.15) is 0 Å². The summed E-state index contributed by atoms with van der Waals surface area (Å²) in [5.74, 6) is -0.565. The van der Waals surface area contributed by atoms with Crippen LogP contribution in [0, 0.1) is 0 Å². The van der Waals surface area contributed by atoms with Crippen LogP contribution in [0.4, 0.5) is 4.79 Å². The quantitative estimate of drug-likeness (QED) is 0.545. The number of carbonyl (C=O) groups is 2. The topological polar surface area (TPSA) is 96.0 Å². The molecule has 0 aromatic heterocycles. The second kappa shape index (κ2) is 8.68. The van der Waals surface area contributed by atoms with Crippen molar-refractivity contribution in [1.29, 1.82) is 0 Å². The Labute approximate surface area is 141 Å². The van der Waals surface area contributed by atoms with Gasteiger partial charge in [-0.3, -0.25) is 4.79 Å². The van der Waals surface area contributed by atoms with Crippen LogP contribution in [0.25, 0.3) is 0 Å². The molecule has 1 atom stereocenters. The molecule has 1 rings (SSSR count). The van der Waals surface area contributed by atoms with Crippen LogP contribution >= 0.6 is 0 Å². The van der Waals surface area contributed by atoms with Crippen LogP contribution in [-0.4, -0.2) is 39.2 Å². The van der Waals surface area contributed by atoms with Crippen LogP contribution in [0.2, 0.25) is 0 Å². The van der Waals surface area contributed by atoms with Gasteiger partial charge in [-0.05, 0) is 38.0 Å². The van der Waals surface area contributed by atoms with Crippen molar-refractivity contribution in [3.05, 3.63) is 29.8 Å². The van der Waals surface area contributed by atoms with Crippen molar-refractivity contribution in [1.82, 2.24) is 0 Å². The van der Waals surface area contributed by atoms with Crippen molar-refractivity contribution < 1.29 is 32.2 Å². The number of benzene rings is 1. The molecule has 0 radical (unpaired) electrons. The molecular formula is C16H22O7S. The maximum atomic E-state index is 11.7. The molecule has 0 aliphatic rings. The molecule has 8 heteroatoms. The van der Waals surface area contributed by atoms with Crippen LogP contribution in [0.1, 0.15) is 32.8 Å². The van der Waals surface area contributed by atoms with E-state index in [0.717, 1.165) is 6.26 Å². The molecule has 0 aliphatic carbocycles. The minimum atomic E-state index is -3.29. The fraction of sp³-hybridized carbons (Fsp3) is 0.500. The maximum Gasteiger partial charge on any atom is 0.511 e. The van der Waals surface area contributed by atoms with Gasteiger partial charge in [0.15, 0.2) is 9.84 Å². The summed E-state index contributed by atoms with van der Waals surface area (Å²) in [5.41, 5.74) is 0.697. The van der Waals surface area contributed by atoms with Gasteiger partial charge in [0.05, 0.1) is 11.0 Å². The number of hydrogen-bond donors (Lipinski definition) is 0. The fourth-order valence-electron chi connectivity index (χ4n) is 1.80. The highest BCUT2D eigenvalue weighted by molar-refractivity contribution is 7.90. The third-order valence-corrected chi connectivity index (χ3v) is 3.95. The van der Waals surface area contributed by atoms with Crippen LogP contribution in [0.3, 0.4) is 0 Å². The van der Waals surface area contributed by atoms with Gasteiger partial charge in [0.2, 0.25) is 6.29 Å². The van der Waals surface area contributed by atoms with E-state index in [9.17, 15) is 18.0 Å². The smallest absolute Gasteiger partial charge is 0.431 e. The molecule has 24 heavy (non-hydrogen) atoms. The third kappa shape index (κ3) is 7.45. The Balaban J connectivity index is 2.48. The van der Waals surface area contributed by atoms with Gasteiger partial charge >= 0.3 is 12.1 Å². The first-order valence-corrected chi connectivity index (χ1v) is 9.33. The Bertz CT molecular complexity index is 679. The number of carbonyl (C=O) groups excluding carboxylic acids is 2. The zero-order valence-electron chi connectivity index (χ0n) is 14.1. The Kier molecular flexibility index (Phi) is 7.21. The first-order valence-electron chi connectivity index (χ1n) is 7.43. The Morgan fingerprint density at radius 2 is 1.75 bits per heavy atom. The minimum Gasteiger partial charge on any atom is -0.431 e. The van der Waals surface area contributed by atoms with Crippen LogP contribution in [0.15, 0.2) is 29.2 Å². The summed E-state index contributed by atoms with van der Waals surface area (Å²) in [7, 11) is -3.29. The number of sulfone groups is 1. The summed E-state index contributed by atoms with van der Waals surface area (Å²) in [6, 6.07) is 6.35. The number of rotatable bonds is 7. The molecule has 0 N–H and O–H groups in total. The number of aryl methyl sites for hydroxylation is 1. The number of esters is 1. The lowest BCUT2D eigenvalue weighted by Crippen LogP contribution is -2.24. The van der Waals surface area contributed by atoms with Crippen LogP contribution in [0.5, 0.6) is 0 Å². The lowest BCUT2D eigenvalue weighted by Gasteiger charge is -2.15. The molecule has 0 amide bonds. The highest BCUT2D eigenvalue weighted by atomic mass is 32.2. The zero-order valence-corrected chi connectivity index (χ0v) is 15.0. The van der Waals surface area contributed by atoms with E-state index in [1.165, 1.54) is 19.1 Å². The molecule has 1 aromatic rings. The summed E-state index contributed by atoms with van der Waals surface area (Å²) in [5, 5.41) is 0. The molecule has 0 spiro atoms. The van der Waals surface area contributed by atoms with Gasteiger partial charge in [0.25, 0.3) is 0 Å². The standard InChI is InChI=1S/C16H22O7S/c1-11(2)21-16(18)23-12(3)22-15(17)9-8-13-6-5-7-14(10-13)24(4,19)20/h5-7,10-12H,8-9H2,1-4H3. The highest BCUT2D eigenvalue weighted by Gasteiger charge is 2.16. The van der Waals surface area contributed by atoms with E-state index in [-0.39, 0.29) is 17.4 Å². The van der Waals surface area contributed by atoms with Crippen molar-refractivity contribution in [3.8, 4) is 0 Å². The van der Waals surface area contributed by atoms with E-state index < -0.39 is 28.3 Å². The van der Waals surface area contributed by atoms with Gasteiger partial charge in [0.1, 0.15) is 0 Å². The van der Waals surface area contributed by atoms with Gasteiger partial charge in [-0.1, -0.05) is 12.1 Å². The lowest BCUT2D eigenvalue weighted by molar-refractivity contribution is -0.168. The minimum absolute atomic E-state index is 0.0279. The summed E-state index contributed by atoms with van der Waals surface area (Å²) in [6.45, 7) is 4.74.